The molecule has 3 rings (SSSR count). The van der Waals surface area contributed by atoms with Crippen molar-refractivity contribution >= 4 is 5.91 Å². The minimum absolute atomic E-state index is 0.0975. The number of carbonyl (C=O) groups excluding carboxylic acids is 1. The van der Waals surface area contributed by atoms with Crippen LogP contribution in [-0.2, 0) is 10.2 Å². The third kappa shape index (κ3) is 2.48. The zero-order chi connectivity index (χ0) is 14.9. The third-order valence-corrected chi connectivity index (χ3v) is 5.24. The molecule has 0 radical (unpaired) electrons. The van der Waals surface area contributed by atoms with E-state index >= 15 is 0 Å². The molecule has 0 spiro atoms. The molecule has 1 saturated carbocycles. The number of benzene rings is 1. The number of rotatable bonds is 2. The Morgan fingerprint density at radius 3 is 2.43 bits per heavy atom. The smallest absolute Gasteiger partial charge is 0.233 e. The van der Waals surface area contributed by atoms with Crippen molar-refractivity contribution in [3.63, 3.8) is 0 Å². The van der Waals surface area contributed by atoms with Crippen LogP contribution < -0.4 is 5.32 Å². The molecular formula is C18H26N2O. The molecule has 0 aromatic heterocycles. The summed E-state index contributed by atoms with van der Waals surface area (Å²) in [5.41, 5.74) is 0.831. The molecule has 1 N–H and O–H groups in total. The maximum absolute atomic E-state index is 13.4. The number of amides is 1. The summed E-state index contributed by atoms with van der Waals surface area (Å²) in [5.74, 6) is 0.345. The van der Waals surface area contributed by atoms with Gasteiger partial charge in [0.15, 0.2) is 0 Å². The molecule has 1 aliphatic carbocycles. The molecular weight excluding hydrogens is 260 g/mol. The summed E-state index contributed by atoms with van der Waals surface area (Å²) in [6.07, 6.45) is 4.31. The standard InChI is InChI=1S/C18H26N2O/c1-17(2)14-19-12-13-20(17)16(21)18(10-6-7-11-18)15-8-4-3-5-9-15/h3-5,8-9,19H,6-7,10-14H2,1-2H3. The summed E-state index contributed by atoms with van der Waals surface area (Å²) in [4.78, 5) is 15.6. The Labute approximate surface area is 127 Å². The van der Waals surface area contributed by atoms with Gasteiger partial charge in [-0.05, 0) is 32.3 Å². The molecule has 0 atom stereocenters. The fourth-order valence-corrected chi connectivity index (χ4v) is 3.98. The summed E-state index contributed by atoms with van der Waals surface area (Å²) >= 11 is 0. The van der Waals surface area contributed by atoms with E-state index in [1.807, 2.05) is 6.07 Å². The van der Waals surface area contributed by atoms with E-state index in [1.165, 1.54) is 5.56 Å². The number of nitrogens with one attached hydrogen (secondary N) is 1. The van der Waals surface area contributed by atoms with Gasteiger partial charge in [-0.3, -0.25) is 4.79 Å². The first kappa shape index (κ1) is 14.6. The van der Waals surface area contributed by atoms with Crippen LogP contribution in [0.3, 0.4) is 0 Å². The van der Waals surface area contributed by atoms with Gasteiger partial charge in [0.25, 0.3) is 0 Å². The van der Waals surface area contributed by atoms with Gasteiger partial charge in [-0.15, -0.1) is 0 Å². The quantitative estimate of drug-likeness (QED) is 0.906. The molecule has 3 nitrogen and oxygen atoms in total. The lowest BCUT2D eigenvalue weighted by atomic mass is 9.76. The largest absolute Gasteiger partial charge is 0.334 e. The third-order valence-electron chi connectivity index (χ3n) is 5.24. The Hall–Kier alpha value is -1.35. The van der Waals surface area contributed by atoms with Crippen LogP contribution in [0.25, 0.3) is 0 Å². The van der Waals surface area contributed by atoms with E-state index in [9.17, 15) is 4.79 Å². The molecule has 1 saturated heterocycles. The Balaban J connectivity index is 1.96. The number of nitrogens with zero attached hydrogens (tertiary/aromatic N) is 1. The fourth-order valence-electron chi connectivity index (χ4n) is 3.98. The summed E-state index contributed by atoms with van der Waals surface area (Å²) in [7, 11) is 0. The van der Waals surface area contributed by atoms with Crippen molar-refractivity contribution in [3.05, 3.63) is 35.9 Å². The maximum atomic E-state index is 13.4. The van der Waals surface area contributed by atoms with Gasteiger partial charge in [0, 0.05) is 25.2 Å². The number of hydrogen-bond donors (Lipinski definition) is 1. The SMILES string of the molecule is CC1(C)CNCCN1C(=O)C1(c2ccccc2)CCCC1. The van der Waals surface area contributed by atoms with Crippen LogP contribution in [0.4, 0.5) is 0 Å². The predicted octanol–water partition coefficient (Wildman–Crippen LogP) is 2.71. The van der Waals surface area contributed by atoms with Crippen LogP contribution in [0.15, 0.2) is 30.3 Å². The average molecular weight is 286 g/mol. The Morgan fingerprint density at radius 1 is 1.14 bits per heavy atom. The normalized spacial score (nSPS) is 24.0. The van der Waals surface area contributed by atoms with E-state index in [0.717, 1.165) is 45.3 Å². The number of piperazine rings is 1. The summed E-state index contributed by atoms with van der Waals surface area (Å²) in [5, 5.41) is 3.41. The molecule has 3 heteroatoms. The first-order valence-corrected chi connectivity index (χ1v) is 8.15. The van der Waals surface area contributed by atoms with Crippen molar-refractivity contribution in [2.75, 3.05) is 19.6 Å². The molecule has 0 bridgehead atoms. The van der Waals surface area contributed by atoms with Crippen LogP contribution in [0.2, 0.25) is 0 Å². The van der Waals surface area contributed by atoms with E-state index in [2.05, 4.69) is 48.3 Å². The van der Waals surface area contributed by atoms with Gasteiger partial charge in [-0.25, -0.2) is 0 Å². The maximum Gasteiger partial charge on any atom is 0.233 e. The van der Waals surface area contributed by atoms with Crippen LogP contribution in [0.1, 0.15) is 45.1 Å². The summed E-state index contributed by atoms with van der Waals surface area (Å²) < 4.78 is 0. The van der Waals surface area contributed by atoms with Gasteiger partial charge in [0.2, 0.25) is 5.91 Å². The fraction of sp³-hybridized carbons (Fsp3) is 0.611. The lowest BCUT2D eigenvalue weighted by Gasteiger charge is -2.47. The van der Waals surface area contributed by atoms with Crippen molar-refractivity contribution in [1.82, 2.24) is 10.2 Å². The monoisotopic (exact) mass is 286 g/mol. The Kier molecular flexibility index (Phi) is 3.78. The highest BCUT2D eigenvalue weighted by atomic mass is 16.2. The highest BCUT2D eigenvalue weighted by Crippen LogP contribution is 2.43. The second kappa shape index (κ2) is 5.45. The van der Waals surface area contributed by atoms with Crippen molar-refractivity contribution < 1.29 is 4.79 Å². The second-order valence-corrected chi connectivity index (χ2v) is 7.10. The highest BCUT2D eigenvalue weighted by molar-refractivity contribution is 5.89. The highest BCUT2D eigenvalue weighted by Gasteiger charge is 2.48. The van der Waals surface area contributed by atoms with Gasteiger partial charge < -0.3 is 10.2 Å². The summed E-state index contributed by atoms with van der Waals surface area (Å²) in [6.45, 7) is 6.94. The van der Waals surface area contributed by atoms with Crippen LogP contribution in [0, 0.1) is 0 Å². The first-order valence-electron chi connectivity index (χ1n) is 8.15. The molecule has 1 aliphatic heterocycles. The second-order valence-electron chi connectivity index (χ2n) is 7.10. The van der Waals surface area contributed by atoms with Crippen molar-refractivity contribution in [1.29, 1.82) is 0 Å². The van der Waals surface area contributed by atoms with Crippen molar-refractivity contribution in [2.24, 2.45) is 0 Å². The van der Waals surface area contributed by atoms with Gasteiger partial charge in [-0.2, -0.15) is 0 Å². The molecule has 1 aromatic rings. The zero-order valence-electron chi connectivity index (χ0n) is 13.2. The minimum atomic E-state index is -0.282. The molecule has 2 fully saturated rings. The predicted molar refractivity (Wildman–Crippen MR) is 85.2 cm³/mol. The van der Waals surface area contributed by atoms with Crippen molar-refractivity contribution in [3.8, 4) is 0 Å². The van der Waals surface area contributed by atoms with E-state index in [-0.39, 0.29) is 11.0 Å². The molecule has 114 valence electrons. The zero-order valence-corrected chi connectivity index (χ0v) is 13.2. The van der Waals surface area contributed by atoms with Gasteiger partial charge >= 0.3 is 0 Å². The summed E-state index contributed by atoms with van der Waals surface area (Å²) in [6, 6.07) is 10.4. The number of hydrogen-bond acceptors (Lipinski definition) is 2. The van der Waals surface area contributed by atoms with Crippen LogP contribution in [-0.4, -0.2) is 36.0 Å². The van der Waals surface area contributed by atoms with Gasteiger partial charge in [0.1, 0.15) is 0 Å². The molecule has 1 amide bonds. The molecule has 0 unspecified atom stereocenters. The van der Waals surface area contributed by atoms with Gasteiger partial charge in [-0.1, -0.05) is 43.2 Å². The topological polar surface area (TPSA) is 32.3 Å². The van der Waals surface area contributed by atoms with Crippen LogP contribution >= 0.6 is 0 Å². The van der Waals surface area contributed by atoms with E-state index in [1.54, 1.807) is 0 Å². The molecule has 21 heavy (non-hydrogen) atoms. The number of carbonyl (C=O) groups is 1. The average Bonchev–Trinajstić information content (AvgIpc) is 2.98. The first-order chi connectivity index (χ1) is 10.1. The van der Waals surface area contributed by atoms with Crippen molar-refractivity contribution in [2.45, 2.75) is 50.5 Å². The van der Waals surface area contributed by atoms with Gasteiger partial charge in [0.05, 0.1) is 5.41 Å². The van der Waals surface area contributed by atoms with E-state index < -0.39 is 0 Å². The molecule has 1 aromatic carbocycles. The van der Waals surface area contributed by atoms with E-state index in [0.29, 0.717) is 5.91 Å². The Morgan fingerprint density at radius 2 is 1.81 bits per heavy atom. The van der Waals surface area contributed by atoms with Crippen LogP contribution in [0.5, 0.6) is 0 Å². The molecule has 1 heterocycles. The lowest BCUT2D eigenvalue weighted by molar-refractivity contribution is -0.144. The molecule has 2 aliphatic rings. The Bertz CT molecular complexity index is 503. The lowest BCUT2D eigenvalue weighted by Crippen LogP contribution is -2.63. The minimum Gasteiger partial charge on any atom is -0.334 e. The van der Waals surface area contributed by atoms with E-state index in [4.69, 9.17) is 0 Å².